The molecule has 0 aliphatic carbocycles. The Kier molecular flexibility index (Phi) is 4.29. The Bertz CT molecular complexity index is 571. The lowest BCUT2D eigenvalue weighted by Crippen LogP contribution is -2.30. The number of benzene rings is 1. The zero-order chi connectivity index (χ0) is 14.5. The normalized spacial score (nSPS) is 14.3. The second kappa shape index (κ2) is 6.14. The molecule has 1 aromatic carbocycles. The maximum absolute atomic E-state index is 13.4. The highest BCUT2D eigenvalue weighted by molar-refractivity contribution is 6.37. The molecule has 106 valence electrons. The maximum Gasteiger partial charge on any atom is 0.354 e. The summed E-state index contributed by atoms with van der Waals surface area (Å²) in [6, 6.07) is 4.28. The number of rotatable bonds is 4. The molecule has 1 aromatic rings. The van der Waals surface area contributed by atoms with Crippen molar-refractivity contribution in [1.29, 1.82) is 0 Å². The zero-order valence-corrected chi connectivity index (χ0v) is 10.8. The molecule has 0 fully saturated rings. The van der Waals surface area contributed by atoms with Crippen molar-refractivity contribution in [3.63, 3.8) is 0 Å². The Morgan fingerprint density at radius 1 is 1.45 bits per heavy atom. The van der Waals surface area contributed by atoms with Crippen molar-refractivity contribution in [2.24, 2.45) is 5.10 Å². The summed E-state index contributed by atoms with van der Waals surface area (Å²) in [5.41, 5.74) is 2.86. The molecule has 20 heavy (non-hydrogen) atoms. The fraction of sp³-hybridized carbons (Fsp3) is 0.308. The Morgan fingerprint density at radius 3 is 2.85 bits per heavy atom. The molecule has 0 unspecified atom stereocenters. The summed E-state index contributed by atoms with van der Waals surface area (Å²) in [4.78, 5) is 22.5. The molecule has 1 aliphatic heterocycles. The third-order valence-corrected chi connectivity index (χ3v) is 2.73. The van der Waals surface area contributed by atoms with Gasteiger partial charge in [-0.2, -0.15) is 5.10 Å². The van der Waals surface area contributed by atoms with Gasteiger partial charge in [-0.3, -0.25) is 4.79 Å². The first-order chi connectivity index (χ1) is 9.60. The van der Waals surface area contributed by atoms with E-state index in [4.69, 9.17) is 9.47 Å². The van der Waals surface area contributed by atoms with Gasteiger partial charge in [-0.05, 0) is 17.7 Å². The SMILES string of the molecule is COc1ccc(COC(=O)C2=NNC(=O)CC2)cc1F. The highest BCUT2D eigenvalue weighted by Crippen LogP contribution is 2.18. The molecule has 0 radical (unpaired) electrons. The van der Waals surface area contributed by atoms with Gasteiger partial charge >= 0.3 is 5.97 Å². The molecular weight excluding hydrogens is 267 g/mol. The minimum atomic E-state index is -0.624. The second-order valence-corrected chi connectivity index (χ2v) is 4.14. The van der Waals surface area contributed by atoms with Crippen molar-refractivity contribution < 1.29 is 23.5 Å². The average molecular weight is 280 g/mol. The molecule has 6 nitrogen and oxygen atoms in total. The van der Waals surface area contributed by atoms with Crippen molar-refractivity contribution in [1.82, 2.24) is 5.43 Å². The fourth-order valence-electron chi connectivity index (χ4n) is 1.65. The number of hydrogen-bond donors (Lipinski definition) is 1. The van der Waals surface area contributed by atoms with Gasteiger partial charge in [-0.15, -0.1) is 0 Å². The first-order valence-electron chi connectivity index (χ1n) is 5.95. The van der Waals surface area contributed by atoms with Crippen molar-refractivity contribution >= 4 is 17.6 Å². The van der Waals surface area contributed by atoms with E-state index in [0.29, 0.717) is 5.56 Å². The van der Waals surface area contributed by atoms with Crippen LogP contribution in [0.3, 0.4) is 0 Å². The molecule has 0 spiro atoms. The van der Waals surface area contributed by atoms with Crippen LogP contribution in [0.1, 0.15) is 18.4 Å². The van der Waals surface area contributed by atoms with Crippen LogP contribution in [0.4, 0.5) is 4.39 Å². The van der Waals surface area contributed by atoms with Gasteiger partial charge in [-0.1, -0.05) is 6.07 Å². The quantitative estimate of drug-likeness (QED) is 0.839. The predicted octanol–water partition coefficient (Wildman–Crippen LogP) is 1.14. The molecular formula is C13H13FN2O4. The lowest BCUT2D eigenvalue weighted by atomic mass is 10.2. The summed E-state index contributed by atoms with van der Waals surface area (Å²) in [5.74, 6) is -1.26. The number of methoxy groups -OCH3 is 1. The van der Waals surface area contributed by atoms with E-state index < -0.39 is 11.8 Å². The summed E-state index contributed by atoms with van der Waals surface area (Å²) < 4.78 is 23.2. The van der Waals surface area contributed by atoms with E-state index >= 15 is 0 Å². The van der Waals surface area contributed by atoms with Crippen LogP contribution in [0.2, 0.25) is 0 Å². The summed E-state index contributed by atoms with van der Waals surface area (Å²) >= 11 is 0. The van der Waals surface area contributed by atoms with Gasteiger partial charge in [0, 0.05) is 12.8 Å². The topological polar surface area (TPSA) is 77.0 Å². The number of esters is 1. The van der Waals surface area contributed by atoms with Crippen molar-refractivity contribution in [2.75, 3.05) is 7.11 Å². The van der Waals surface area contributed by atoms with E-state index in [1.54, 1.807) is 6.07 Å². The standard InChI is InChI=1S/C13H13FN2O4/c1-19-11-4-2-8(6-9(11)14)7-20-13(18)10-3-5-12(17)16-15-10/h2,4,6H,3,5,7H2,1H3,(H,16,17). The van der Waals surface area contributed by atoms with Gasteiger partial charge in [0.05, 0.1) is 7.11 Å². The number of ether oxygens (including phenoxy) is 2. The maximum atomic E-state index is 13.4. The number of hydrogen-bond acceptors (Lipinski definition) is 5. The lowest BCUT2D eigenvalue weighted by molar-refractivity contribution is -0.137. The van der Waals surface area contributed by atoms with Crippen molar-refractivity contribution in [3.8, 4) is 5.75 Å². The first-order valence-corrected chi connectivity index (χ1v) is 5.95. The molecule has 0 atom stereocenters. The summed E-state index contributed by atoms with van der Waals surface area (Å²) in [6.45, 7) is -0.0767. The molecule has 1 heterocycles. The van der Waals surface area contributed by atoms with Crippen LogP contribution in [0.15, 0.2) is 23.3 Å². The molecule has 2 rings (SSSR count). The molecule has 0 bridgehead atoms. The van der Waals surface area contributed by atoms with E-state index in [1.807, 2.05) is 0 Å². The number of nitrogens with zero attached hydrogens (tertiary/aromatic N) is 1. The smallest absolute Gasteiger partial charge is 0.354 e. The van der Waals surface area contributed by atoms with Gasteiger partial charge in [-0.25, -0.2) is 14.6 Å². The van der Waals surface area contributed by atoms with E-state index in [-0.39, 0.29) is 36.8 Å². The number of halogens is 1. The number of carbonyl (C=O) groups excluding carboxylic acids is 2. The minimum absolute atomic E-state index is 0.0767. The molecule has 0 aromatic heterocycles. The van der Waals surface area contributed by atoms with Crippen molar-refractivity contribution in [2.45, 2.75) is 19.4 Å². The lowest BCUT2D eigenvalue weighted by Gasteiger charge is -2.11. The van der Waals surface area contributed by atoms with Crippen LogP contribution in [0.25, 0.3) is 0 Å². The highest BCUT2D eigenvalue weighted by Gasteiger charge is 2.19. The molecule has 0 saturated heterocycles. The Labute approximate surface area is 114 Å². The molecule has 1 amide bonds. The number of hydrazone groups is 1. The van der Waals surface area contributed by atoms with Crippen LogP contribution < -0.4 is 10.2 Å². The van der Waals surface area contributed by atoms with E-state index in [1.165, 1.54) is 19.2 Å². The molecule has 7 heteroatoms. The second-order valence-electron chi connectivity index (χ2n) is 4.14. The van der Waals surface area contributed by atoms with Gasteiger partial charge < -0.3 is 9.47 Å². The third-order valence-electron chi connectivity index (χ3n) is 2.73. The number of carbonyl (C=O) groups is 2. The van der Waals surface area contributed by atoms with Crippen LogP contribution in [-0.2, 0) is 20.9 Å². The largest absolute Gasteiger partial charge is 0.494 e. The Morgan fingerprint density at radius 2 is 2.25 bits per heavy atom. The third kappa shape index (κ3) is 3.31. The van der Waals surface area contributed by atoms with E-state index in [0.717, 1.165) is 0 Å². The van der Waals surface area contributed by atoms with Crippen LogP contribution in [0, 0.1) is 5.82 Å². The van der Waals surface area contributed by atoms with E-state index in [9.17, 15) is 14.0 Å². The molecule has 0 saturated carbocycles. The minimum Gasteiger partial charge on any atom is -0.494 e. The zero-order valence-electron chi connectivity index (χ0n) is 10.8. The van der Waals surface area contributed by atoms with Gasteiger partial charge in [0.25, 0.3) is 0 Å². The number of nitrogens with one attached hydrogen (secondary N) is 1. The summed E-state index contributed by atoms with van der Waals surface area (Å²) in [5, 5.41) is 3.62. The summed E-state index contributed by atoms with van der Waals surface area (Å²) in [7, 11) is 1.37. The molecule has 1 N–H and O–H groups in total. The van der Waals surface area contributed by atoms with Crippen LogP contribution >= 0.6 is 0 Å². The highest BCUT2D eigenvalue weighted by atomic mass is 19.1. The Hall–Kier alpha value is -2.44. The Balaban J connectivity index is 1.93. The van der Waals surface area contributed by atoms with Gasteiger partial charge in [0.2, 0.25) is 5.91 Å². The van der Waals surface area contributed by atoms with Crippen LogP contribution in [0.5, 0.6) is 5.75 Å². The van der Waals surface area contributed by atoms with Crippen molar-refractivity contribution in [3.05, 3.63) is 29.6 Å². The van der Waals surface area contributed by atoms with E-state index in [2.05, 4.69) is 10.5 Å². The summed E-state index contributed by atoms with van der Waals surface area (Å²) in [6.07, 6.45) is 0.437. The van der Waals surface area contributed by atoms with Crippen LogP contribution in [-0.4, -0.2) is 24.7 Å². The molecule has 1 aliphatic rings. The first kappa shape index (κ1) is 14.0. The van der Waals surface area contributed by atoms with Gasteiger partial charge in [0.1, 0.15) is 12.3 Å². The average Bonchev–Trinajstić information content (AvgIpc) is 2.45. The fourth-order valence-corrected chi connectivity index (χ4v) is 1.65. The predicted molar refractivity (Wildman–Crippen MR) is 67.6 cm³/mol. The van der Waals surface area contributed by atoms with Gasteiger partial charge in [0.15, 0.2) is 11.6 Å². The number of amides is 1. The monoisotopic (exact) mass is 280 g/mol.